The minimum absolute atomic E-state index is 0.321. The van der Waals surface area contributed by atoms with Gasteiger partial charge in [-0.1, -0.05) is 24.3 Å². The Balaban J connectivity index is 1.69. The number of hydrogen-bond donors (Lipinski definition) is 1. The van der Waals surface area contributed by atoms with Gasteiger partial charge in [0.25, 0.3) is 0 Å². The van der Waals surface area contributed by atoms with Gasteiger partial charge in [0.15, 0.2) is 0 Å². The third kappa shape index (κ3) is 2.86. The Hall–Kier alpha value is -1.39. The van der Waals surface area contributed by atoms with E-state index in [1.807, 2.05) is 18.2 Å². The molecule has 2 atom stereocenters. The fourth-order valence-corrected chi connectivity index (χ4v) is 3.24. The molecule has 1 fully saturated rings. The van der Waals surface area contributed by atoms with E-state index in [-0.39, 0.29) is 0 Å². The zero-order chi connectivity index (χ0) is 13.9. The van der Waals surface area contributed by atoms with Crippen LogP contribution in [0.25, 0.3) is 0 Å². The van der Waals surface area contributed by atoms with Crippen LogP contribution >= 0.6 is 0 Å². The molecule has 1 aromatic rings. The van der Waals surface area contributed by atoms with Gasteiger partial charge >= 0.3 is 5.97 Å². The molecule has 2 heterocycles. The van der Waals surface area contributed by atoms with Crippen molar-refractivity contribution < 1.29 is 14.6 Å². The van der Waals surface area contributed by atoms with Gasteiger partial charge in [0, 0.05) is 19.7 Å². The molecule has 2 aliphatic rings. The summed E-state index contributed by atoms with van der Waals surface area (Å²) in [7, 11) is 0. The molecular weight excluding hydrogens is 254 g/mol. The van der Waals surface area contributed by atoms with Crippen molar-refractivity contribution in [2.24, 2.45) is 0 Å². The van der Waals surface area contributed by atoms with E-state index in [2.05, 4.69) is 11.0 Å². The molecule has 1 aromatic carbocycles. The zero-order valence-electron chi connectivity index (χ0n) is 11.6. The fraction of sp³-hybridized carbons (Fsp3) is 0.562. The topological polar surface area (TPSA) is 49.8 Å². The van der Waals surface area contributed by atoms with Crippen LogP contribution in [0.2, 0.25) is 0 Å². The highest BCUT2D eigenvalue weighted by Crippen LogP contribution is 2.25. The molecule has 0 radical (unpaired) electrons. The molecule has 0 saturated carbocycles. The summed E-state index contributed by atoms with van der Waals surface area (Å²) in [5.41, 5.74) is 2.44. The van der Waals surface area contributed by atoms with Gasteiger partial charge in [-0.2, -0.15) is 0 Å². The van der Waals surface area contributed by atoms with E-state index in [1.165, 1.54) is 11.1 Å². The van der Waals surface area contributed by atoms with Crippen LogP contribution in [-0.2, 0) is 22.5 Å². The predicted octanol–water partition coefficient (Wildman–Crippen LogP) is 2.07. The first kappa shape index (κ1) is 13.6. The van der Waals surface area contributed by atoms with Crippen molar-refractivity contribution in [1.29, 1.82) is 0 Å². The number of aliphatic carboxylic acids is 1. The number of carboxylic acids is 1. The first-order valence-electron chi connectivity index (χ1n) is 7.39. The molecule has 0 spiro atoms. The molecule has 0 bridgehead atoms. The summed E-state index contributed by atoms with van der Waals surface area (Å²) < 4.78 is 5.64. The number of fused-ring (bicyclic) bond motifs is 1. The van der Waals surface area contributed by atoms with E-state index >= 15 is 0 Å². The van der Waals surface area contributed by atoms with Crippen molar-refractivity contribution in [3.05, 3.63) is 35.4 Å². The largest absolute Gasteiger partial charge is 0.480 e. The summed E-state index contributed by atoms with van der Waals surface area (Å²) in [6.45, 7) is 2.39. The second-order valence-electron chi connectivity index (χ2n) is 5.72. The molecular formula is C16H21NO3. The number of nitrogens with zero attached hydrogens (tertiary/aromatic N) is 1. The Morgan fingerprint density at radius 3 is 2.85 bits per heavy atom. The molecule has 4 heteroatoms. The van der Waals surface area contributed by atoms with E-state index in [0.717, 1.165) is 39.0 Å². The first-order chi connectivity index (χ1) is 9.74. The fourth-order valence-electron chi connectivity index (χ4n) is 3.24. The highest BCUT2D eigenvalue weighted by Gasteiger charge is 2.31. The number of ether oxygens (including phenoxy) is 1. The van der Waals surface area contributed by atoms with E-state index in [0.29, 0.717) is 12.5 Å². The molecule has 2 aliphatic heterocycles. The SMILES string of the molecule is O=C(O)[C@@H]1Cc2ccccc2CN1CCC1CCCO1. The van der Waals surface area contributed by atoms with Crippen molar-refractivity contribution in [3.8, 4) is 0 Å². The minimum atomic E-state index is -0.716. The van der Waals surface area contributed by atoms with Crippen LogP contribution in [0.5, 0.6) is 0 Å². The molecule has 4 nitrogen and oxygen atoms in total. The lowest BCUT2D eigenvalue weighted by Crippen LogP contribution is -2.46. The van der Waals surface area contributed by atoms with E-state index < -0.39 is 12.0 Å². The number of hydrogen-bond acceptors (Lipinski definition) is 3. The van der Waals surface area contributed by atoms with Crippen LogP contribution in [0.4, 0.5) is 0 Å². The molecule has 1 N–H and O–H groups in total. The third-order valence-corrected chi connectivity index (χ3v) is 4.39. The summed E-state index contributed by atoms with van der Waals surface area (Å²) in [4.78, 5) is 13.6. The Labute approximate surface area is 119 Å². The Kier molecular flexibility index (Phi) is 4.03. The van der Waals surface area contributed by atoms with Crippen LogP contribution in [-0.4, -0.2) is 41.3 Å². The highest BCUT2D eigenvalue weighted by molar-refractivity contribution is 5.74. The van der Waals surface area contributed by atoms with Crippen molar-refractivity contribution >= 4 is 5.97 Å². The van der Waals surface area contributed by atoms with Gasteiger partial charge in [0.05, 0.1) is 6.10 Å². The molecule has 20 heavy (non-hydrogen) atoms. The summed E-state index contributed by atoms with van der Waals surface area (Å²) in [5, 5.41) is 9.45. The first-order valence-corrected chi connectivity index (χ1v) is 7.39. The Bertz CT molecular complexity index is 482. The van der Waals surface area contributed by atoms with Gasteiger partial charge in [-0.05, 0) is 36.8 Å². The van der Waals surface area contributed by atoms with Crippen LogP contribution in [0, 0.1) is 0 Å². The molecule has 0 aliphatic carbocycles. The molecule has 0 aromatic heterocycles. The molecule has 3 rings (SSSR count). The summed E-state index contributed by atoms with van der Waals surface area (Å²) >= 11 is 0. The van der Waals surface area contributed by atoms with E-state index in [9.17, 15) is 9.90 Å². The molecule has 1 saturated heterocycles. The average molecular weight is 275 g/mol. The predicted molar refractivity (Wildman–Crippen MR) is 75.6 cm³/mol. The van der Waals surface area contributed by atoms with Crippen LogP contribution in [0.1, 0.15) is 30.4 Å². The van der Waals surface area contributed by atoms with Crippen LogP contribution in [0.3, 0.4) is 0 Å². The van der Waals surface area contributed by atoms with E-state index in [1.54, 1.807) is 0 Å². The lowest BCUT2D eigenvalue weighted by molar-refractivity contribution is -0.144. The standard InChI is InChI=1S/C16H21NO3/c18-16(19)15-10-12-4-1-2-5-13(12)11-17(15)8-7-14-6-3-9-20-14/h1-2,4-5,14-15H,3,6-11H2,(H,18,19)/t14?,15-/m0/s1. The molecule has 0 amide bonds. The van der Waals surface area contributed by atoms with Crippen molar-refractivity contribution in [1.82, 2.24) is 4.90 Å². The van der Waals surface area contributed by atoms with Crippen LogP contribution in [0.15, 0.2) is 24.3 Å². The van der Waals surface area contributed by atoms with Gasteiger partial charge in [0.1, 0.15) is 6.04 Å². The number of carboxylic acid groups (broad SMARTS) is 1. The zero-order valence-corrected chi connectivity index (χ0v) is 11.6. The van der Waals surface area contributed by atoms with Crippen LogP contribution < -0.4 is 0 Å². The maximum absolute atomic E-state index is 11.5. The Morgan fingerprint density at radius 2 is 2.15 bits per heavy atom. The second kappa shape index (κ2) is 5.94. The maximum atomic E-state index is 11.5. The van der Waals surface area contributed by atoms with Gasteiger partial charge in [-0.3, -0.25) is 9.69 Å². The van der Waals surface area contributed by atoms with Gasteiger partial charge in [-0.25, -0.2) is 0 Å². The lowest BCUT2D eigenvalue weighted by Gasteiger charge is -2.34. The summed E-state index contributed by atoms with van der Waals surface area (Å²) in [6, 6.07) is 7.76. The molecule has 1 unspecified atom stereocenters. The highest BCUT2D eigenvalue weighted by atomic mass is 16.5. The van der Waals surface area contributed by atoms with Gasteiger partial charge in [-0.15, -0.1) is 0 Å². The second-order valence-corrected chi connectivity index (χ2v) is 5.72. The number of benzene rings is 1. The molecule has 108 valence electrons. The monoisotopic (exact) mass is 275 g/mol. The quantitative estimate of drug-likeness (QED) is 0.914. The van der Waals surface area contributed by atoms with Gasteiger partial charge < -0.3 is 9.84 Å². The summed E-state index contributed by atoms with van der Waals surface area (Å²) in [5.74, 6) is -0.716. The van der Waals surface area contributed by atoms with Crippen molar-refractivity contribution in [3.63, 3.8) is 0 Å². The average Bonchev–Trinajstić information content (AvgIpc) is 2.97. The van der Waals surface area contributed by atoms with Crippen molar-refractivity contribution in [2.75, 3.05) is 13.2 Å². The minimum Gasteiger partial charge on any atom is -0.480 e. The number of rotatable bonds is 4. The normalized spacial score (nSPS) is 26.4. The lowest BCUT2D eigenvalue weighted by atomic mass is 9.93. The smallest absolute Gasteiger partial charge is 0.321 e. The summed E-state index contributed by atoms with van der Waals surface area (Å²) in [6.07, 6.45) is 4.11. The van der Waals surface area contributed by atoms with E-state index in [4.69, 9.17) is 4.74 Å². The van der Waals surface area contributed by atoms with Gasteiger partial charge in [0.2, 0.25) is 0 Å². The Morgan fingerprint density at radius 1 is 1.35 bits per heavy atom. The third-order valence-electron chi connectivity index (χ3n) is 4.39. The van der Waals surface area contributed by atoms with Crippen molar-refractivity contribution in [2.45, 2.75) is 44.4 Å². The maximum Gasteiger partial charge on any atom is 0.321 e. The number of carbonyl (C=O) groups is 1.